The van der Waals surface area contributed by atoms with E-state index in [0.717, 1.165) is 45.2 Å². The molecule has 2 heterocycles. The number of hydrogen-bond acceptors (Lipinski definition) is 3. The second-order valence-corrected chi connectivity index (χ2v) is 5.70. The van der Waals surface area contributed by atoms with Crippen molar-refractivity contribution in [3.63, 3.8) is 0 Å². The standard InChI is InChI=1S/C14H25N3O2/c1-3-11(14(15)19)17-9-5-7-13(17)12-6-4-8-16(12)10(2)18/h11-13H,3-9H2,1-2H3,(H2,15,19)/t11-,12+,13+/m1/s1. The first-order valence-electron chi connectivity index (χ1n) is 7.38. The van der Waals surface area contributed by atoms with E-state index in [0.29, 0.717) is 6.04 Å². The van der Waals surface area contributed by atoms with Gasteiger partial charge in [0.05, 0.1) is 6.04 Å². The normalized spacial score (nSPS) is 29.7. The smallest absolute Gasteiger partial charge is 0.234 e. The van der Waals surface area contributed by atoms with Crippen LogP contribution in [-0.2, 0) is 9.59 Å². The molecule has 2 N–H and O–H groups in total. The molecule has 2 aliphatic heterocycles. The number of carbonyl (C=O) groups is 2. The molecule has 0 aliphatic carbocycles. The number of rotatable bonds is 4. The Bertz CT molecular complexity index is 359. The highest BCUT2D eigenvalue weighted by Crippen LogP contribution is 2.31. The van der Waals surface area contributed by atoms with E-state index < -0.39 is 0 Å². The summed E-state index contributed by atoms with van der Waals surface area (Å²) in [5.74, 6) is -0.0803. The molecule has 108 valence electrons. The SMILES string of the molecule is CC[C@H](C(N)=O)N1CCC[C@H]1[C@@H]1CCCN1C(C)=O. The molecule has 2 aliphatic rings. The van der Waals surface area contributed by atoms with Crippen LogP contribution in [0, 0.1) is 0 Å². The van der Waals surface area contributed by atoms with Crippen molar-refractivity contribution in [3.05, 3.63) is 0 Å². The minimum Gasteiger partial charge on any atom is -0.368 e. The van der Waals surface area contributed by atoms with Gasteiger partial charge >= 0.3 is 0 Å². The summed E-state index contributed by atoms with van der Waals surface area (Å²) in [6, 6.07) is 0.402. The van der Waals surface area contributed by atoms with Crippen molar-refractivity contribution < 1.29 is 9.59 Å². The fraction of sp³-hybridized carbons (Fsp3) is 0.857. The highest BCUT2D eigenvalue weighted by molar-refractivity contribution is 5.80. The lowest BCUT2D eigenvalue weighted by Gasteiger charge is -2.37. The third-order valence-electron chi connectivity index (χ3n) is 4.61. The van der Waals surface area contributed by atoms with E-state index >= 15 is 0 Å². The Kier molecular flexibility index (Phi) is 4.45. The Labute approximate surface area is 115 Å². The largest absolute Gasteiger partial charge is 0.368 e. The minimum atomic E-state index is -0.234. The average Bonchev–Trinajstić information content (AvgIpc) is 2.95. The number of hydrogen-bond donors (Lipinski definition) is 1. The fourth-order valence-electron chi connectivity index (χ4n) is 3.80. The number of amides is 2. The van der Waals surface area contributed by atoms with Gasteiger partial charge in [-0.2, -0.15) is 0 Å². The van der Waals surface area contributed by atoms with E-state index in [2.05, 4.69) is 4.90 Å². The summed E-state index contributed by atoms with van der Waals surface area (Å²) in [5, 5.41) is 0. The zero-order valence-corrected chi connectivity index (χ0v) is 12.0. The maximum atomic E-state index is 11.7. The van der Waals surface area contributed by atoms with E-state index in [1.807, 2.05) is 11.8 Å². The van der Waals surface area contributed by atoms with Crippen LogP contribution in [0.4, 0.5) is 0 Å². The van der Waals surface area contributed by atoms with E-state index in [4.69, 9.17) is 5.73 Å². The predicted octanol–water partition coefficient (Wildman–Crippen LogP) is 0.726. The maximum absolute atomic E-state index is 11.7. The van der Waals surface area contributed by atoms with Gasteiger partial charge in [-0.1, -0.05) is 6.92 Å². The molecule has 5 nitrogen and oxygen atoms in total. The first-order valence-corrected chi connectivity index (χ1v) is 7.38. The van der Waals surface area contributed by atoms with Crippen molar-refractivity contribution in [1.82, 2.24) is 9.80 Å². The highest BCUT2D eigenvalue weighted by Gasteiger charge is 2.41. The second-order valence-electron chi connectivity index (χ2n) is 5.70. The molecule has 0 radical (unpaired) electrons. The molecule has 0 aromatic carbocycles. The third kappa shape index (κ3) is 2.76. The molecule has 2 rings (SSSR count). The summed E-state index contributed by atoms with van der Waals surface area (Å²) in [4.78, 5) is 27.5. The van der Waals surface area contributed by atoms with Crippen LogP contribution in [0.15, 0.2) is 0 Å². The predicted molar refractivity (Wildman–Crippen MR) is 73.4 cm³/mol. The van der Waals surface area contributed by atoms with Crippen LogP contribution in [0.1, 0.15) is 46.0 Å². The first kappa shape index (κ1) is 14.3. The lowest BCUT2D eigenvalue weighted by atomic mass is 10.0. The maximum Gasteiger partial charge on any atom is 0.234 e. The van der Waals surface area contributed by atoms with E-state index in [1.165, 1.54) is 0 Å². The van der Waals surface area contributed by atoms with Gasteiger partial charge in [0, 0.05) is 25.6 Å². The van der Waals surface area contributed by atoms with Gasteiger partial charge in [0.1, 0.15) is 0 Å². The van der Waals surface area contributed by atoms with Crippen LogP contribution >= 0.6 is 0 Å². The average molecular weight is 267 g/mol. The molecule has 0 unspecified atom stereocenters. The van der Waals surface area contributed by atoms with E-state index in [-0.39, 0.29) is 23.9 Å². The van der Waals surface area contributed by atoms with Gasteiger partial charge < -0.3 is 10.6 Å². The van der Waals surface area contributed by atoms with Crippen LogP contribution in [0.2, 0.25) is 0 Å². The lowest BCUT2D eigenvalue weighted by Crippen LogP contribution is -2.54. The van der Waals surface area contributed by atoms with Gasteiger partial charge in [-0.25, -0.2) is 0 Å². The lowest BCUT2D eigenvalue weighted by molar-refractivity contribution is -0.131. The quantitative estimate of drug-likeness (QED) is 0.816. The summed E-state index contributed by atoms with van der Waals surface area (Å²) in [7, 11) is 0. The van der Waals surface area contributed by atoms with Gasteiger partial charge in [0.15, 0.2) is 0 Å². The monoisotopic (exact) mass is 267 g/mol. The van der Waals surface area contributed by atoms with Crippen LogP contribution in [0.25, 0.3) is 0 Å². The fourth-order valence-corrected chi connectivity index (χ4v) is 3.80. The molecule has 0 aromatic rings. The summed E-state index contributed by atoms with van der Waals surface area (Å²) < 4.78 is 0. The third-order valence-corrected chi connectivity index (χ3v) is 4.61. The van der Waals surface area contributed by atoms with Crippen molar-refractivity contribution in [2.75, 3.05) is 13.1 Å². The Balaban J connectivity index is 2.14. The highest BCUT2D eigenvalue weighted by atomic mass is 16.2. The van der Waals surface area contributed by atoms with Crippen LogP contribution in [0.3, 0.4) is 0 Å². The van der Waals surface area contributed by atoms with E-state index in [1.54, 1.807) is 6.92 Å². The van der Waals surface area contributed by atoms with Gasteiger partial charge in [0.2, 0.25) is 11.8 Å². The van der Waals surface area contributed by atoms with Gasteiger partial charge in [-0.05, 0) is 38.6 Å². The first-order chi connectivity index (χ1) is 9.06. The molecule has 2 saturated heterocycles. The summed E-state index contributed by atoms with van der Waals surface area (Å²) in [5.41, 5.74) is 5.52. The topological polar surface area (TPSA) is 66.6 Å². The van der Waals surface area contributed by atoms with Crippen LogP contribution < -0.4 is 5.73 Å². The number of nitrogens with two attached hydrogens (primary N) is 1. The Morgan fingerprint density at radius 2 is 1.84 bits per heavy atom. The zero-order valence-electron chi connectivity index (χ0n) is 12.0. The Morgan fingerprint density at radius 3 is 2.42 bits per heavy atom. The molecule has 0 bridgehead atoms. The Hall–Kier alpha value is -1.10. The van der Waals surface area contributed by atoms with Crippen molar-refractivity contribution in [1.29, 1.82) is 0 Å². The van der Waals surface area contributed by atoms with Crippen LogP contribution in [0.5, 0.6) is 0 Å². The molecular formula is C14H25N3O2. The summed E-state index contributed by atoms with van der Waals surface area (Å²) in [6.07, 6.45) is 5.03. The molecule has 2 amide bonds. The van der Waals surface area contributed by atoms with E-state index in [9.17, 15) is 9.59 Å². The number of likely N-dealkylation sites (tertiary alicyclic amines) is 2. The van der Waals surface area contributed by atoms with Crippen LogP contribution in [-0.4, -0.2) is 52.8 Å². The number of carbonyl (C=O) groups excluding carboxylic acids is 2. The van der Waals surface area contributed by atoms with Crippen molar-refractivity contribution in [2.45, 2.75) is 64.1 Å². The zero-order chi connectivity index (χ0) is 14.0. The molecule has 0 saturated carbocycles. The van der Waals surface area contributed by atoms with Crippen molar-refractivity contribution in [3.8, 4) is 0 Å². The number of primary amides is 1. The second kappa shape index (κ2) is 5.90. The van der Waals surface area contributed by atoms with Gasteiger partial charge in [-0.15, -0.1) is 0 Å². The molecule has 0 spiro atoms. The molecule has 5 heteroatoms. The van der Waals surface area contributed by atoms with Gasteiger partial charge in [-0.3, -0.25) is 14.5 Å². The summed E-state index contributed by atoms with van der Waals surface area (Å²) >= 11 is 0. The van der Waals surface area contributed by atoms with Crippen molar-refractivity contribution >= 4 is 11.8 Å². The number of nitrogens with zero attached hydrogens (tertiary/aromatic N) is 2. The molecule has 19 heavy (non-hydrogen) atoms. The molecule has 0 aromatic heterocycles. The summed E-state index contributed by atoms with van der Waals surface area (Å²) in [6.45, 7) is 5.43. The molecular weight excluding hydrogens is 242 g/mol. The minimum absolute atomic E-state index is 0.154. The molecule has 2 fully saturated rings. The van der Waals surface area contributed by atoms with Gasteiger partial charge in [0.25, 0.3) is 0 Å². The van der Waals surface area contributed by atoms with Crippen molar-refractivity contribution in [2.24, 2.45) is 5.73 Å². The Morgan fingerprint density at radius 1 is 1.21 bits per heavy atom. The molecule has 3 atom stereocenters.